The number of carboxylic acids is 1. The summed E-state index contributed by atoms with van der Waals surface area (Å²) in [5.41, 5.74) is 3.59. The van der Waals surface area contributed by atoms with Gasteiger partial charge in [-0.1, -0.05) is 0 Å². The maximum absolute atomic E-state index is 12.1. The monoisotopic (exact) mass is 302 g/mol. The van der Waals surface area contributed by atoms with Crippen molar-refractivity contribution in [2.24, 2.45) is 11.1 Å². The molecule has 0 aromatic rings. The molecule has 21 heavy (non-hydrogen) atoms. The van der Waals surface area contributed by atoms with Crippen LogP contribution in [0.15, 0.2) is 0 Å². The molecule has 1 fully saturated rings. The molecule has 1 heterocycles. The predicted octanol–water partition coefficient (Wildman–Crippen LogP) is 0.798. The molecule has 0 aromatic heterocycles. The Labute approximate surface area is 125 Å². The van der Waals surface area contributed by atoms with E-state index in [1.54, 1.807) is 20.8 Å². The van der Waals surface area contributed by atoms with Crippen LogP contribution in [0, 0.1) is 5.41 Å². The first kappa shape index (κ1) is 17.7. The molecule has 0 aliphatic carbocycles. The number of amides is 1. The van der Waals surface area contributed by atoms with E-state index in [0.29, 0.717) is 19.4 Å². The van der Waals surface area contributed by atoms with E-state index in [4.69, 9.17) is 10.5 Å². The Morgan fingerprint density at radius 1 is 1.43 bits per heavy atom. The summed E-state index contributed by atoms with van der Waals surface area (Å²) in [7, 11) is 0. The zero-order valence-corrected chi connectivity index (χ0v) is 13.0. The van der Waals surface area contributed by atoms with E-state index in [9.17, 15) is 19.8 Å². The van der Waals surface area contributed by atoms with Gasteiger partial charge in [0.05, 0.1) is 11.5 Å². The van der Waals surface area contributed by atoms with Crippen LogP contribution in [0.4, 0.5) is 4.79 Å². The van der Waals surface area contributed by atoms with Gasteiger partial charge in [-0.15, -0.1) is 0 Å². The molecule has 122 valence electrons. The fraction of sp³-hybridized carbons (Fsp3) is 0.857. The van der Waals surface area contributed by atoms with Crippen LogP contribution >= 0.6 is 0 Å². The zero-order chi connectivity index (χ0) is 16.3. The fourth-order valence-electron chi connectivity index (χ4n) is 2.58. The second-order valence-corrected chi connectivity index (χ2v) is 6.68. The van der Waals surface area contributed by atoms with Crippen molar-refractivity contribution in [2.45, 2.75) is 51.7 Å². The van der Waals surface area contributed by atoms with Gasteiger partial charge in [-0.05, 0) is 40.0 Å². The number of piperidine rings is 1. The van der Waals surface area contributed by atoms with Crippen molar-refractivity contribution in [1.29, 1.82) is 0 Å². The van der Waals surface area contributed by atoms with Crippen LogP contribution in [0.1, 0.15) is 40.0 Å². The van der Waals surface area contributed by atoms with Gasteiger partial charge < -0.3 is 25.6 Å². The Bertz CT molecular complexity index is 393. The van der Waals surface area contributed by atoms with Crippen molar-refractivity contribution in [3.05, 3.63) is 0 Å². The topological polar surface area (TPSA) is 113 Å². The number of nitrogens with two attached hydrogens (primary N) is 1. The van der Waals surface area contributed by atoms with Crippen molar-refractivity contribution >= 4 is 12.1 Å². The number of aliphatic carboxylic acids is 1. The lowest BCUT2D eigenvalue weighted by molar-refractivity contribution is -0.154. The van der Waals surface area contributed by atoms with Crippen LogP contribution in [0.3, 0.4) is 0 Å². The SMILES string of the molecule is CC(C)(C)OC(=O)N1CCCC(CC(O)CN)(C(=O)O)C1. The number of carbonyl (C=O) groups excluding carboxylic acids is 1. The van der Waals surface area contributed by atoms with E-state index in [-0.39, 0.29) is 19.5 Å². The number of carbonyl (C=O) groups is 2. The standard InChI is InChI=1S/C14H26N2O5/c1-13(2,3)21-12(20)16-6-4-5-14(9-16,11(18)19)7-10(17)8-15/h10,17H,4-9,15H2,1-3H3,(H,18,19). The lowest BCUT2D eigenvalue weighted by Gasteiger charge is -2.41. The minimum atomic E-state index is -1.16. The number of aliphatic hydroxyl groups excluding tert-OH is 1. The summed E-state index contributed by atoms with van der Waals surface area (Å²) in [6, 6.07) is 0. The Kier molecular flexibility index (Phi) is 5.58. The average Bonchev–Trinajstić information content (AvgIpc) is 2.36. The highest BCUT2D eigenvalue weighted by molar-refractivity contribution is 5.77. The first-order chi connectivity index (χ1) is 9.59. The normalized spacial score (nSPS) is 24.5. The average molecular weight is 302 g/mol. The number of nitrogens with zero attached hydrogens (tertiary/aromatic N) is 1. The summed E-state index contributed by atoms with van der Waals surface area (Å²) < 4.78 is 5.29. The van der Waals surface area contributed by atoms with Crippen LogP contribution in [0.25, 0.3) is 0 Å². The van der Waals surface area contributed by atoms with Crippen LogP contribution in [0.2, 0.25) is 0 Å². The molecule has 0 saturated carbocycles. The molecule has 0 spiro atoms. The van der Waals surface area contributed by atoms with Crippen molar-refractivity contribution < 1.29 is 24.5 Å². The molecule has 4 N–H and O–H groups in total. The summed E-state index contributed by atoms with van der Waals surface area (Å²) >= 11 is 0. The van der Waals surface area contributed by atoms with E-state index < -0.39 is 29.2 Å². The highest BCUT2D eigenvalue weighted by Crippen LogP contribution is 2.35. The molecule has 7 nitrogen and oxygen atoms in total. The minimum Gasteiger partial charge on any atom is -0.481 e. The van der Waals surface area contributed by atoms with Gasteiger partial charge in [0.2, 0.25) is 0 Å². The predicted molar refractivity (Wildman–Crippen MR) is 76.8 cm³/mol. The van der Waals surface area contributed by atoms with Gasteiger partial charge in [-0.25, -0.2) is 4.79 Å². The van der Waals surface area contributed by atoms with Crippen molar-refractivity contribution in [3.8, 4) is 0 Å². The number of ether oxygens (including phenoxy) is 1. The van der Waals surface area contributed by atoms with Crippen molar-refractivity contribution in [2.75, 3.05) is 19.6 Å². The summed E-state index contributed by atoms with van der Waals surface area (Å²) in [5, 5.41) is 19.2. The molecule has 2 atom stereocenters. The molecule has 1 aliphatic heterocycles. The Morgan fingerprint density at radius 3 is 2.52 bits per heavy atom. The first-order valence-electron chi connectivity index (χ1n) is 7.19. The minimum absolute atomic E-state index is 0.00146. The lowest BCUT2D eigenvalue weighted by Crippen LogP contribution is -2.52. The van der Waals surface area contributed by atoms with Crippen LogP contribution in [-0.4, -0.2) is 58.5 Å². The number of hydrogen-bond acceptors (Lipinski definition) is 5. The van der Waals surface area contributed by atoms with E-state index >= 15 is 0 Å². The van der Waals surface area contributed by atoms with Gasteiger partial charge >= 0.3 is 12.1 Å². The number of likely N-dealkylation sites (tertiary alicyclic amines) is 1. The second-order valence-electron chi connectivity index (χ2n) is 6.68. The summed E-state index contributed by atoms with van der Waals surface area (Å²) in [6.07, 6.45) is -0.394. The van der Waals surface area contributed by atoms with Crippen LogP contribution < -0.4 is 5.73 Å². The third-order valence-electron chi connectivity index (χ3n) is 3.58. The lowest BCUT2D eigenvalue weighted by atomic mass is 9.75. The Hall–Kier alpha value is -1.34. The first-order valence-corrected chi connectivity index (χ1v) is 7.19. The van der Waals surface area contributed by atoms with Gasteiger partial charge in [0.1, 0.15) is 5.60 Å². The molecule has 1 rings (SSSR count). The third kappa shape index (κ3) is 4.86. The molecular weight excluding hydrogens is 276 g/mol. The van der Waals surface area contributed by atoms with Gasteiger partial charge in [-0.3, -0.25) is 4.79 Å². The molecule has 1 aliphatic rings. The molecule has 0 aromatic carbocycles. The third-order valence-corrected chi connectivity index (χ3v) is 3.58. The Morgan fingerprint density at radius 2 is 2.05 bits per heavy atom. The molecule has 7 heteroatoms. The van der Waals surface area contributed by atoms with E-state index in [2.05, 4.69) is 0 Å². The van der Waals surface area contributed by atoms with E-state index in [1.165, 1.54) is 4.90 Å². The van der Waals surface area contributed by atoms with Crippen LogP contribution in [-0.2, 0) is 9.53 Å². The molecular formula is C14H26N2O5. The number of hydrogen-bond donors (Lipinski definition) is 3. The fourth-order valence-corrected chi connectivity index (χ4v) is 2.58. The molecule has 2 unspecified atom stereocenters. The number of rotatable bonds is 4. The zero-order valence-electron chi connectivity index (χ0n) is 13.0. The number of carboxylic acid groups (broad SMARTS) is 1. The molecule has 0 bridgehead atoms. The maximum Gasteiger partial charge on any atom is 0.410 e. The largest absolute Gasteiger partial charge is 0.481 e. The van der Waals surface area contributed by atoms with Gasteiger partial charge in [0.25, 0.3) is 0 Å². The van der Waals surface area contributed by atoms with Gasteiger partial charge in [-0.2, -0.15) is 0 Å². The molecule has 0 radical (unpaired) electrons. The highest BCUT2D eigenvalue weighted by Gasteiger charge is 2.45. The highest BCUT2D eigenvalue weighted by atomic mass is 16.6. The smallest absolute Gasteiger partial charge is 0.410 e. The molecule has 1 saturated heterocycles. The molecule has 1 amide bonds. The quantitative estimate of drug-likeness (QED) is 0.708. The summed E-state index contributed by atoms with van der Waals surface area (Å²) in [4.78, 5) is 25.2. The summed E-state index contributed by atoms with van der Waals surface area (Å²) in [5.74, 6) is -1.01. The second kappa shape index (κ2) is 6.62. The number of aliphatic hydroxyl groups is 1. The van der Waals surface area contributed by atoms with Gasteiger partial charge in [0.15, 0.2) is 0 Å². The van der Waals surface area contributed by atoms with Crippen molar-refractivity contribution in [1.82, 2.24) is 4.90 Å². The van der Waals surface area contributed by atoms with E-state index in [0.717, 1.165) is 0 Å². The van der Waals surface area contributed by atoms with Crippen molar-refractivity contribution in [3.63, 3.8) is 0 Å². The Balaban J connectivity index is 2.84. The van der Waals surface area contributed by atoms with Gasteiger partial charge in [0, 0.05) is 19.6 Å². The summed E-state index contributed by atoms with van der Waals surface area (Å²) in [6.45, 7) is 5.78. The van der Waals surface area contributed by atoms with E-state index in [1.807, 2.05) is 0 Å². The van der Waals surface area contributed by atoms with Crippen LogP contribution in [0.5, 0.6) is 0 Å². The maximum atomic E-state index is 12.1.